The Kier molecular flexibility index (Phi) is 3.19. The minimum Gasteiger partial charge on any atom is -0.325 e. The smallest absolute Gasteiger partial charge is 0.161 e. The molecule has 0 saturated carbocycles. The number of hydrogen-bond acceptors (Lipinski definition) is 6. The van der Waals surface area contributed by atoms with Crippen molar-refractivity contribution in [3.63, 3.8) is 0 Å². The van der Waals surface area contributed by atoms with Gasteiger partial charge in [0.25, 0.3) is 0 Å². The average Bonchev–Trinajstić information content (AvgIpc) is 3.15. The number of allylic oxidation sites excluding steroid dienone is 3. The van der Waals surface area contributed by atoms with Gasteiger partial charge in [-0.25, -0.2) is 9.97 Å². The van der Waals surface area contributed by atoms with E-state index in [1.165, 1.54) is 0 Å². The number of hydrazine groups is 1. The minimum absolute atomic E-state index is 0.660. The summed E-state index contributed by atoms with van der Waals surface area (Å²) >= 11 is 0. The van der Waals surface area contributed by atoms with Gasteiger partial charge in [0.05, 0.1) is 18.4 Å². The summed E-state index contributed by atoms with van der Waals surface area (Å²) in [5.41, 5.74) is 9.78. The Morgan fingerprint density at radius 2 is 2.26 bits per heavy atom. The summed E-state index contributed by atoms with van der Waals surface area (Å²) in [5, 5.41) is 10.2. The number of nitrogens with one attached hydrogen (secondary N) is 4. The Balaban J connectivity index is 1.63. The average molecular weight is 308 g/mol. The van der Waals surface area contributed by atoms with Gasteiger partial charge in [0.1, 0.15) is 5.52 Å². The van der Waals surface area contributed by atoms with Crippen molar-refractivity contribution in [3.05, 3.63) is 54.3 Å². The van der Waals surface area contributed by atoms with Gasteiger partial charge in [0, 0.05) is 24.2 Å². The molecule has 0 saturated heterocycles. The third-order valence-corrected chi connectivity index (χ3v) is 3.48. The molecule has 4 N–H and O–H groups in total. The van der Waals surface area contributed by atoms with Gasteiger partial charge in [-0.2, -0.15) is 5.10 Å². The van der Waals surface area contributed by atoms with Gasteiger partial charge in [0.2, 0.25) is 0 Å². The molecule has 1 aliphatic rings. The lowest BCUT2D eigenvalue weighted by Crippen LogP contribution is -2.30. The molecule has 23 heavy (non-hydrogen) atoms. The zero-order valence-corrected chi connectivity index (χ0v) is 12.5. The minimum atomic E-state index is 0.660. The molecule has 1 aliphatic heterocycles. The van der Waals surface area contributed by atoms with E-state index in [0.29, 0.717) is 12.4 Å². The highest BCUT2D eigenvalue weighted by Crippen LogP contribution is 2.17. The molecule has 0 atom stereocenters. The summed E-state index contributed by atoms with van der Waals surface area (Å²) in [6.07, 6.45) is 9.50. The monoisotopic (exact) mass is 308 g/mol. The van der Waals surface area contributed by atoms with Crippen molar-refractivity contribution in [1.29, 1.82) is 0 Å². The number of aromatic nitrogens is 5. The molecular weight excluding hydrogens is 292 g/mol. The van der Waals surface area contributed by atoms with Gasteiger partial charge in [-0.15, -0.1) is 0 Å². The molecule has 0 spiro atoms. The molecule has 3 aromatic rings. The van der Waals surface area contributed by atoms with E-state index in [1.54, 1.807) is 6.20 Å². The first-order valence-corrected chi connectivity index (χ1v) is 7.26. The number of nitrogens with zero attached hydrogens (tertiary/aromatic N) is 4. The van der Waals surface area contributed by atoms with E-state index in [9.17, 15) is 0 Å². The fourth-order valence-electron chi connectivity index (χ4n) is 2.41. The van der Waals surface area contributed by atoms with Crippen molar-refractivity contribution in [2.24, 2.45) is 0 Å². The van der Waals surface area contributed by atoms with E-state index < -0.39 is 0 Å². The highest BCUT2D eigenvalue weighted by Gasteiger charge is 2.08. The number of aromatic amines is 1. The lowest BCUT2D eigenvalue weighted by Gasteiger charge is -2.14. The number of aryl methyl sites for hydroxylation is 1. The van der Waals surface area contributed by atoms with E-state index in [1.807, 2.05) is 48.2 Å². The molecule has 116 valence electrons. The first-order chi connectivity index (χ1) is 11.3. The van der Waals surface area contributed by atoms with Gasteiger partial charge in [-0.3, -0.25) is 5.10 Å². The van der Waals surface area contributed by atoms with Crippen LogP contribution in [0.1, 0.15) is 5.69 Å². The summed E-state index contributed by atoms with van der Waals surface area (Å²) in [7, 11) is 0. The zero-order valence-electron chi connectivity index (χ0n) is 12.5. The third-order valence-electron chi connectivity index (χ3n) is 3.48. The van der Waals surface area contributed by atoms with Crippen molar-refractivity contribution < 1.29 is 0 Å². The van der Waals surface area contributed by atoms with Crippen LogP contribution in [0.4, 0.5) is 11.6 Å². The third kappa shape index (κ3) is 2.73. The van der Waals surface area contributed by atoms with Gasteiger partial charge in [-0.1, -0.05) is 0 Å². The maximum atomic E-state index is 4.65. The van der Waals surface area contributed by atoms with Crippen molar-refractivity contribution in [1.82, 2.24) is 35.6 Å². The van der Waals surface area contributed by atoms with Crippen LogP contribution >= 0.6 is 0 Å². The second-order valence-electron chi connectivity index (χ2n) is 5.29. The van der Waals surface area contributed by atoms with Crippen LogP contribution in [0.25, 0.3) is 11.2 Å². The molecule has 8 heteroatoms. The molecule has 4 rings (SSSR count). The predicted molar refractivity (Wildman–Crippen MR) is 87.6 cm³/mol. The van der Waals surface area contributed by atoms with Crippen molar-refractivity contribution in [2.75, 3.05) is 5.32 Å². The molecule has 0 amide bonds. The Hall–Kier alpha value is -3.29. The van der Waals surface area contributed by atoms with Crippen molar-refractivity contribution in [3.8, 4) is 0 Å². The summed E-state index contributed by atoms with van der Waals surface area (Å²) in [5.74, 6) is 1.38. The molecule has 0 unspecified atom stereocenters. The van der Waals surface area contributed by atoms with Gasteiger partial charge >= 0.3 is 0 Å². The van der Waals surface area contributed by atoms with Gasteiger partial charge < -0.3 is 20.7 Å². The first kappa shape index (κ1) is 13.4. The van der Waals surface area contributed by atoms with Crippen LogP contribution < -0.4 is 16.2 Å². The SMILES string of the molecule is Cc1cc(Nc2cnc3ccn(CC4=CC=CNN4)c3n2)n[nH]1. The normalized spacial score (nSPS) is 13.5. The summed E-state index contributed by atoms with van der Waals surface area (Å²) < 4.78 is 2.04. The second-order valence-corrected chi connectivity index (χ2v) is 5.29. The highest BCUT2D eigenvalue weighted by molar-refractivity contribution is 5.73. The predicted octanol–water partition coefficient (Wildman–Crippen LogP) is 1.71. The largest absolute Gasteiger partial charge is 0.325 e. The Morgan fingerprint density at radius 1 is 1.30 bits per heavy atom. The summed E-state index contributed by atoms with van der Waals surface area (Å²) in [4.78, 5) is 9.09. The zero-order chi connectivity index (χ0) is 15.6. The van der Waals surface area contributed by atoms with E-state index in [4.69, 9.17) is 0 Å². The molecule has 3 aromatic heterocycles. The van der Waals surface area contributed by atoms with Crippen LogP contribution in [-0.2, 0) is 6.54 Å². The summed E-state index contributed by atoms with van der Waals surface area (Å²) in [6.45, 7) is 2.63. The van der Waals surface area contributed by atoms with E-state index in [2.05, 4.69) is 36.3 Å². The number of rotatable bonds is 4. The van der Waals surface area contributed by atoms with Gasteiger partial charge in [-0.05, 0) is 25.1 Å². The summed E-state index contributed by atoms with van der Waals surface area (Å²) in [6, 6.07) is 3.87. The Morgan fingerprint density at radius 3 is 3.04 bits per heavy atom. The van der Waals surface area contributed by atoms with Crippen LogP contribution in [0.15, 0.2) is 48.6 Å². The number of fused-ring (bicyclic) bond motifs is 1. The number of H-pyrrole nitrogens is 1. The number of anilines is 2. The van der Waals surface area contributed by atoms with Gasteiger partial charge in [0.15, 0.2) is 17.3 Å². The number of hydrogen-bond donors (Lipinski definition) is 4. The van der Waals surface area contributed by atoms with Crippen LogP contribution in [-0.4, -0.2) is 24.7 Å². The molecule has 0 aromatic carbocycles. The fourth-order valence-corrected chi connectivity index (χ4v) is 2.41. The van der Waals surface area contributed by atoms with Crippen molar-refractivity contribution >= 4 is 22.8 Å². The quantitative estimate of drug-likeness (QED) is 0.586. The molecule has 0 fully saturated rings. The standard InChI is InChI=1S/C15H16N8/c1-10-7-13(22-20-10)18-14-8-16-12-4-6-23(15(12)19-14)9-11-3-2-5-17-21-11/h2-8,17,21H,9H2,1H3,(H2,18,19,20,22). The van der Waals surface area contributed by atoms with Crippen LogP contribution in [0.2, 0.25) is 0 Å². The van der Waals surface area contributed by atoms with Crippen molar-refractivity contribution in [2.45, 2.75) is 13.5 Å². The van der Waals surface area contributed by atoms with Crippen LogP contribution in [0.5, 0.6) is 0 Å². The van der Waals surface area contributed by atoms with E-state index in [-0.39, 0.29) is 0 Å². The Bertz CT molecular complexity index is 901. The molecule has 0 aliphatic carbocycles. The van der Waals surface area contributed by atoms with E-state index >= 15 is 0 Å². The molecule has 0 bridgehead atoms. The first-order valence-electron chi connectivity index (χ1n) is 7.26. The lowest BCUT2D eigenvalue weighted by atomic mass is 10.3. The topological polar surface area (TPSA) is 95.5 Å². The Labute approximate surface area is 132 Å². The molecule has 4 heterocycles. The molecular formula is C15H16N8. The molecule has 0 radical (unpaired) electrons. The lowest BCUT2D eigenvalue weighted by molar-refractivity contribution is 0.644. The second kappa shape index (κ2) is 5.48. The molecule has 8 nitrogen and oxygen atoms in total. The fraction of sp³-hybridized carbons (Fsp3) is 0.133. The maximum absolute atomic E-state index is 4.65. The van der Waals surface area contributed by atoms with E-state index in [0.717, 1.165) is 28.4 Å². The highest BCUT2D eigenvalue weighted by atomic mass is 15.4. The van der Waals surface area contributed by atoms with Crippen LogP contribution in [0, 0.1) is 6.92 Å². The maximum Gasteiger partial charge on any atom is 0.161 e. The van der Waals surface area contributed by atoms with Crippen LogP contribution in [0.3, 0.4) is 0 Å².